The summed E-state index contributed by atoms with van der Waals surface area (Å²) in [6.45, 7) is 6.63. The fourth-order valence-electron chi connectivity index (χ4n) is 2.69. The lowest BCUT2D eigenvalue weighted by Crippen LogP contribution is -2.31. The van der Waals surface area contributed by atoms with Gasteiger partial charge in [0.2, 0.25) is 5.43 Å². The maximum Gasteiger partial charge on any atom is 0.256 e. The SMILES string of the molecule is CCn1cc(C(=O)NCCc2cc(C)no2)c(=O)c2ccc(C)nc21. The number of hydrogen-bond donors (Lipinski definition) is 1. The summed E-state index contributed by atoms with van der Waals surface area (Å²) < 4.78 is 6.92. The highest BCUT2D eigenvalue weighted by atomic mass is 16.5. The van der Waals surface area contributed by atoms with Crippen molar-refractivity contribution in [3.05, 3.63) is 57.3 Å². The number of carbonyl (C=O) groups is 1. The molecule has 0 radical (unpaired) electrons. The Kier molecular flexibility index (Phi) is 4.65. The lowest BCUT2D eigenvalue weighted by Gasteiger charge is -2.11. The minimum atomic E-state index is -0.397. The topological polar surface area (TPSA) is 90.0 Å². The molecule has 1 N–H and O–H groups in total. The van der Waals surface area contributed by atoms with Gasteiger partial charge in [-0.25, -0.2) is 4.98 Å². The van der Waals surface area contributed by atoms with Crippen LogP contribution in [0, 0.1) is 13.8 Å². The molecule has 0 bridgehead atoms. The first kappa shape index (κ1) is 16.9. The molecule has 0 aromatic carbocycles. The summed E-state index contributed by atoms with van der Waals surface area (Å²) >= 11 is 0. The van der Waals surface area contributed by atoms with Crippen LogP contribution in [0.5, 0.6) is 0 Å². The molecular weight excluding hydrogens is 320 g/mol. The second-order valence-electron chi connectivity index (χ2n) is 5.92. The summed E-state index contributed by atoms with van der Waals surface area (Å²) in [6.07, 6.45) is 2.09. The number of fused-ring (bicyclic) bond motifs is 1. The van der Waals surface area contributed by atoms with Crippen LogP contribution in [0.25, 0.3) is 11.0 Å². The Balaban J connectivity index is 1.84. The van der Waals surface area contributed by atoms with E-state index in [2.05, 4.69) is 15.5 Å². The maximum absolute atomic E-state index is 12.6. The summed E-state index contributed by atoms with van der Waals surface area (Å²) in [5.74, 6) is 0.299. The van der Waals surface area contributed by atoms with Crippen LogP contribution in [0.3, 0.4) is 0 Å². The standard InChI is InChI=1S/C18H20N4O3/c1-4-22-10-15(16(23)14-6-5-11(2)20-17(14)22)18(24)19-8-7-13-9-12(3)21-25-13/h5-6,9-10H,4,7-8H2,1-3H3,(H,19,24). The zero-order chi connectivity index (χ0) is 18.0. The van der Waals surface area contributed by atoms with E-state index in [0.717, 1.165) is 11.4 Å². The van der Waals surface area contributed by atoms with Crippen LogP contribution >= 0.6 is 0 Å². The van der Waals surface area contributed by atoms with Gasteiger partial charge in [0.15, 0.2) is 0 Å². The number of amides is 1. The molecule has 25 heavy (non-hydrogen) atoms. The van der Waals surface area contributed by atoms with E-state index in [-0.39, 0.29) is 11.0 Å². The van der Waals surface area contributed by atoms with E-state index < -0.39 is 5.91 Å². The van der Waals surface area contributed by atoms with Crippen LogP contribution in [-0.4, -0.2) is 27.2 Å². The molecule has 3 heterocycles. The quantitative estimate of drug-likeness (QED) is 0.767. The van der Waals surface area contributed by atoms with Crippen molar-refractivity contribution in [2.45, 2.75) is 33.7 Å². The molecule has 0 fully saturated rings. The van der Waals surface area contributed by atoms with Crippen molar-refractivity contribution in [3.8, 4) is 0 Å². The van der Waals surface area contributed by atoms with Crippen LogP contribution in [-0.2, 0) is 13.0 Å². The molecule has 0 aliphatic rings. The fraction of sp³-hybridized carbons (Fsp3) is 0.333. The molecule has 0 aliphatic carbocycles. The predicted octanol–water partition coefficient (Wildman–Crippen LogP) is 1.99. The molecule has 7 nitrogen and oxygen atoms in total. The van der Waals surface area contributed by atoms with Gasteiger partial charge in [-0.15, -0.1) is 0 Å². The summed E-state index contributed by atoms with van der Waals surface area (Å²) in [4.78, 5) is 29.5. The molecule has 0 spiro atoms. The van der Waals surface area contributed by atoms with Crippen molar-refractivity contribution in [2.75, 3.05) is 6.54 Å². The number of hydrogen-bond acceptors (Lipinski definition) is 5. The lowest BCUT2D eigenvalue weighted by molar-refractivity contribution is 0.0952. The fourth-order valence-corrected chi connectivity index (χ4v) is 2.69. The summed E-state index contributed by atoms with van der Waals surface area (Å²) in [6, 6.07) is 5.32. The predicted molar refractivity (Wildman–Crippen MR) is 93.7 cm³/mol. The highest BCUT2D eigenvalue weighted by Gasteiger charge is 2.16. The minimum Gasteiger partial charge on any atom is -0.361 e. The van der Waals surface area contributed by atoms with Gasteiger partial charge >= 0.3 is 0 Å². The normalized spacial score (nSPS) is 11.0. The number of aryl methyl sites for hydroxylation is 3. The molecule has 3 rings (SSSR count). The van der Waals surface area contributed by atoms with Crippen molar-refractivity contribution in [1.82, 2.24) is 20.0 Å². The zero-order valence-corrected chi connectivity index (χ0v) is 14.5. The monoisotopic (exact) mass is 340 g/mol. The Labute approximate surface area is 144 Å². The average Bonchev–Trinajstić information content (AvgIpc) is 3.00. The summed E-state index contributed by atoms with van der Waals surface area (Å²) in [7, 11) is 0. The highest BCUT2D eigenvalue weighted by Crippen LogP contribution is 2.11. The van der Waals surface area contributed by atoms with Crippen LogP contribution < -0.4 is 10.7 Å². The van der Waals surface area contributed by atoms with Crippen LogP contribution in [0.4, 0.5) is 0 Å². The molecule has 3 aromatic rings. The third-order valence-corrected chi connectivity index (χ3v) is 3.98. The van der Waals surface area contributed by atoms with Crippen molar-refractivity contribution < 1.29 is 9.32 Å². The first-order valence-corrected chi connectivity index (χ1v) is 8.20. The molecule has 0 saturated carbocycles. The Bertz CT molecular complexity index is 988. The third kappa shape index (κ3) is 3.45. The van der Waals surface area contributed by atoms with Gasteiger partial charge in [0.25, 0.3) is 5.91 Å². The molecule has 0 aliphatic heterocycles. The number of nitrogens with one attached hydrogen (secondary N) is 1. The molecule has 0 atom stereocenters. The van der Waals surface area contributed by atoms with Gasteiger partial charge < -0.3 is 14.4 Å². The lowest BCUT2D eigenvalue weighted by atomic mass is 10.1. The van der Waals surface area contributed by atoms with E-state index in [4.69, 9.17) is 4.52 Å². The summed E-state index contributed by atoms with van der Waals surface area (Å²) in [5, 5.41) is 7.02. The van der Waals surface area contributed by atoms with Gasteiger partial charge in [0.05, 0.1) is 11.1 Å². The smallest absolute Gasteiger partial charge is 0.256 e. The van der Waals surface area contributed by atoms with Crippen molar-refractivity contribution in [1.29, 1.82) is 0 Å². The zero-order valence-electron chi connectivity index (χ0n) is 14.5. The molecule has 0 unspecified atom stereocenters. The van der Waals surface area contributed by atoms with Gasteiger partial charge in [-0.1, -0.05) is 5.16 Å². The Morgan fingerprint density at radius 1 is 1.28 bits per heavy atom. The average molecular weight is 340 g/mol. The van der Waals surface area contributed by atoms with E-state index in [1.54, 1.807) is 18.3 Å². The molecule has 130 valence electrons. The van der Waals surface area contributed by atoms with Crippen molar-refractivity contribution >= 4 is 16.9 Å². The maximum atomic E-state index is 12.6. The number of rotatable bonds is 5. The molecule has 1 amide bonds. The first-order chi connectivity index (χ1) is 12.0. The Hall–Kier alpha value is -2.96. The van der Waals surface area contributed by atoms with Crippen LogP contribution in [0.15, 0.2) is 33.7 Å². The van der Waals surface area contributed by atoms with E-state index in [0.29, 0.717) is 36.3 Å². The van der Waals surface area contributed by atoms with Crippen LogP contribution in [0.2, 0.25) is 0 Å². The van der Waals surface area contributed by atoms with Gasteiger partial charge in [-0.3, -0.25) is 9.59 Å². The van der Waals surface area contributed by atoms with Crippen molar-refractivity contribution in [3.63, 3.8) is 0 Å². The summed E-state index contributed by atoms with van der Waals surface area (Å²) in [5.41, 5.74) is 2.04. The van der Waals surface area contributed by atoms with Gasteiger partial charge in [-0.2, -0.15) is 0 Å². The number of carbonyl (C=O) groups excluding carboxylic acids is 1. The van der Waals surface area contributed by atoms with Crippen molar-refractivity contribution in [2.24, 2.45) is 0 Å². The Morgan fingerprint density at radius 3 is 2.76 bits per heavy atom. The van der Waals surface area contributed by atoms with Crippen LogP contribution in [0.1, 0.15) is 34.4 Å². The van der Waals surface area contributed by atoms with Gasteiger partial charge in [0.1, 0.15) is 17.0 Å². The molecule has 0 saturated heterocycles. The Morgan fingerprint density at radius 2 is 2.08 bits per heavy atom. The molecule has 3 aromatic heterocycles. The molecular formula is C18H20N4O3. The second kappa shape index (κ2) is 6.88. The number of aromatic nitrogens is 3. The third-order valence-electron chi connectivity index (χ3n) is 3.98. The minimum absolute atomic E-state index is 0.119. The van der Waals surface area contributed by atoms with E-state index in [1.165, 1.54) is 0 Å². The number of pyridine rings is 2. The highest BCUT2D eigenvalue weighted by molar-refractivity contribution is 5.96. The van der Waals surface area contributed by atoms with Gasteiger partial charge in [-0.05, 0) is 32.9 Å². The number of nitrogens with zero attached hydrogens (tertiary/aromatic N) is 3. The van der Waals surface area contributed by atoms with Gasteiger partial charge in [0, 0.05) is 37.5 Å². The first-order valence-electron chi connectivity index (χ1n) is 8.20. The van der Waals surface area contributed by atoms with E-state index in [1.807, 2.05) is 31.4 Å². The molecule has 7 heteroatoms. The largest absolute Gasteiger partial charge is 0.361 e. The van der Waals surface area contributed by atoms with E-state index >= 15 is 0 Å². The second-order valence-corrected chi connectivity index (χ2v) is 5.92. The van der Waals surface area contributed by atoms with E-state index in [9.17, 15) is 9.59 Å².